The summed E-state index contributed by atoms with van der Waals surface area (Å²) in [6, 6.07) is 17.8. The number of carbonyl (C=O) groups is 3. The molecule has 0 saturated carbocycles. The number of carbonyl (C=O) groups excluding carboxylic acids is 2. The lowest BCUT2D eigenvalue weighted by molar-refractivity contribution is -0.633. The SMILES string of the molecule is CC(=O)c1ccc(C)c(OC(=O)c2c3ccccc3[n+](CC(=O)O)c3ccccc23)c1C. The third-order valence-electron chi connectivity index (χ3n) is 5.60. The number of nitrogens with zero attached hydrogens (tertiary/aromatic N) is 1. The van der Waals surface area contributed by atoms with E-state index >= 15 is 0 Å². The van der Waals surface area contributed by atoms with Crippen molar-refractivity contribution in [2.24, 2.45) is 0 Å². The van der Waals surface area contributed by atoms with Crippen LogP contribution in [-0.2, 0) is 11.3 Å². The predicted molar refractivity (Wildman–Crippen MR) is 120 cm³/mol. The van der Waals surface area contributed by atoms with Gasteiger partial charge in [0, 0.05) is 23.3 Å². The lowest BCUT2D eigenvalue weighted by Gasteiger charge is -2.15. The molecular formula is C26H22NO5+. The number of ketones is 1. The van der Waals surface area contributed by atoms with Crippen molar-refractivity contribution in [1.82, 2.24) is 0 Å². The van der Waals surface area contributed by atoms with Crippen molar-refractivity contribution < 1.29 is 28.8 Å². The first-order valence-electron chi connectivity index (χ1n) is 10.2. The molecule has 0 atom stereocenters. The van der Waals surface area contributed by atoms with Gasteiger partial charge in [-0.05, 0) is 38.5 Å². The Labute approximate surface area is 184 Å². The molecule has 160 valence electrons. The molecule has 0 radical (unpaired) electrons. The molecule has 3 aromatic carbocycles. The van der Waals surface area contributed by atoms with Gasteiger partial charge in [-0.3, -0.25) is 4.79 Å². The fourth-order valence-corrected chi connectivity index (χ4v) is 4.15. The molecule has 6 heteroatoms. The van der Waals surface area contributed by atoms with Gasteiger partial charge in [0.15, 0.2) is 5.78 Å². The van der Waals surface area contributed by atoms with Crippen LogP contribution in [0.5, 0.6) is 5.75 Å². The molecule has 1 N–H and O–H groups in total. The number of rotatable bonds is 5. The second-order valence-corrected chi connectivity index (χ2v) is 7.72. The van der Waals surface area contributed by atoms with Crippen LogP contribution in [0.2, 0.25) is 0 Å². The second-order valence-electron chi connectivity index (χ2n) is 7.72. The van der Waals surface area contributed by atoms with Gasteiger partial charge < -0.3 is 9.84 Å². The van der Waals surface area contributed by atoms with E-state index in [1.54, 1.807) is 72.2 Å². The van der Waals surface area contributed by atoms with Crippen molar-refractivity contribution >= 4 is 39.5 Å². The van der Waals surface area contributed by atoms with Gasteiger partial charge in [-0.1, -0.05) is 36.4 Å². The molecule has 0 aliphatic rings. The van der Waals surface area contributed by atoms with E-state index in [1.165, 1.54) is 6.92 Å². The van der Waals surface area contributed by atoms with Gasteiger partial charge in [-0.25, -0.2) is 9.59 Å². The summed E-state index contributed by atoms with van der Waals surface area (Å²) in [5, 5.41) is 10.6. The van der Waals surface area contributed by atoms with Crippen LogP contribution in [0.1, 0.15) is 38.8 Å². The van der Waals surface area contributed by atoms with Crippen molar-refractivity contribution in [3.63, 3.8) is 0 Å². The summed E-state index contributed by atoms with van der Waals surface area (Å²) in [5.41, 5.74) is 3.44. The zero-order valence-corrected chi connectivity index (χ0v) is 18.0. The summed E-state index contributed by atoms with van der Waals surface area (Å²) in [6.45, 7) is 4.81. The molecule has 0 spiro atoms. The quantitative estimate of drug-likeness (QED) is 0.167. The van der Waals surface area contributed by atoms with Gasteiger partial charge in [-0.15, -0.1) is 0 Å². The van der Waals surface area contributed by atoms with E-state index in [1.807, 2.05) is 6.92 Å². The van der Waals surface area contributed by atoms with Gasteiger partial charge in [0.1, 0.15) is 5.75 Å². The number of ether oxygens (including phenoxy) is 1. The van der Waals surface area contributed by atoms with E-state index in [4.69, 9.17) is 4.74 Å². The largest absolute Gasteiger partial charge is 0.477 e. The normalized spacial score (nSPS) is 11.0. The molecule has 0 fully saturated rings. The number of Topliss-reactive ketones (excluding diaryl/α,β-unsaturated/α-hetero) is 1. The summed E-state index contributed by atoms with van der Waals surface area (Å²) in [6.07, 6.45) is 0. The molecule has 1 heterocycles. The average Bonchev–Trinajstić information content (AvgIpc) is 2.76. The number of carboxylic acid groups (broad SMARTS) is 1. The minimum absolute atomic E-state index is 0.106. The Morgan fingerprint density at radius 3 is 1.97 bits per heavy atom. The lowest BCUT2D eigenvalue weighted by Crippen LogP contribution is -2.40. The van der Waals surface area contributed by atoms with Crippen LogP contribution in [0.3, 0.4) is 0 Å². The van der Waals surface area contributed by atoms with Crippen molar-refractivity contribution in [2.45, 2.75) is 27.3 Å². The first kappa shape index (κ1) is 21.2. The smallest absolute Gasteiger partial charge is 0.370 e. The van der Waals surface area contributed by atoms with E-state index in [0.29, 0.717) is 44.2 Å². The number of hydrogen-bond acceptors (Lipinski definition) is 4. The summed E-state index contributed by atoms with van der Waals surface area (Å²) in [4.78, 5) is 37.0. The molecule has 32 heavy (non-hydrogen) atoms. The Hall–Kier alpha value is -4.06. The number of benzene rings is 3. The minimum Gasteiger partial charge on any atom is -0.477 e. The number of hydrogen-bond donors (Lipinski definition) is 1. The van der Waals surface area contributed by atoms with Crippen molar-refractivity contribution in [1.29, 1.82) is 0 Å². The standard InChI is InChI=1S/C26H21NO5/c1-15-12-13-18(17(3)28)16(2)25(15)32-26(31)24-19-8-4-6-10-21(19)27(14-23(29)30)22-11-7-5-9-20(22)24/h4-13H,14H2,1-3H3/p+1. The highest BCUT2D eigenvalue weighted by Crippen LogP contribution is 2.30. The molecule has 0 aliphatic carbocycles. The highest BCUT2D eigenvalue weighted by Gasteiger charge is 2.27. The Bertz CT molecular complexity index is 1360. The van der Waals surface area contributed by atoms with Gasteiger partial charge in [0.25, 0.3) is 0 Å². The van der Waals surface area contributed by atoms with E-state index in [0.717, 1.165) is 5.56 Å². The summed E-state index contributed by atoms with van der Waals surface area (Å²) >= 11 is 0. The molecule has 0 amide bonds. The van der Waals surface area contributed by atoms with Gasteiger partial charge >= 0.3 is 11.9 Å². The number of carboxylic acids is 1. The van der Waals surface area contributed by atoms with Gasteiger partial charge in [-0.2, -0.15) is 4.57 Å². The molecular weight excluding hydrogens is 406 g/mol. The number of esters is 1. The maximum absolute atomic E-state index is 13.5. The monoisotopic (exact) mass is 428 g/mol. The van der Waals surface area contributed by atoms with Gasteiger partial charge in [0.05, 0.1) is 16.3 Å². The van der Waals surface area contributed by atoms with Crippen LogP contribution in [0.4, 0.5) is 0 Å². The molecule has 4 rings (SSSR count). The summed E-state index contributed by atoms with van der Waals surface area (Å²) in [5.74, 6) is -1.29. The first-order valence-corrected chi connectivity index (χ1v) is 10.2. The molecule has 6 nitrogen and oxygen atoms in total. The van der Waals surface area contributed by atoms with Crippen molar-refractivity contribution in [3.05, 3.63) is 82.9 Å². The fourth-order valence-electron chi connectivity index (χ4n) is 4.15. The Morgan fingerprint density at radius 1 is 0.875 bits per heavy atom. The maximum atomic E-state index is 13.5. The Morgan fingerprint density at radius 2 is 1.44 bits per heavy atom. The maximum Gasteiger partial charge on any atom is 0.370 e. The molecule has 0 aliphatic heterocycles. The molecule has 1 aromatic heterocycles. The Kier molecular flexibility index (Phi) is 5.45. The summed E-state index contributed by atoms with van der Waals surface area (Å²) in [7, 11) is 0. The number of aromatic nitrogens is 1. The van der Waals surface area contributed by atoms with Crippen LogP contribution >= 0.6 is 0 Å². The minimum atomic E-state index is -0.979. The van der Waals surface area contributed by atoms with Crippen LogP contribution in [0.15, 0.2) is 60.7 Å². The lowest BCUT2D eigenvalue weighted by atomic mass is 10.0. The second kappa shape index (κ2) is 8.23. The van der Waals surface area contributed by atoms with Crippen molar-refractivity contribution in [2.75, 3.05) is 0 Å². The molecule has 0 saturated heterocycles. The number of para-hydroxylation sites is 2. The predicted octanol–water partition coefficient (Wildman–Crippen LogP) is 4.40. The van der Waals surface area contributed by atoms with E-state index < -0.39 is 11.9 Å². The summed E-state index contributed by atoms with van der Waals surface area (Å²) < 4.78 is 7.55. The zero-order chi connectivity index (χ0) is 23.0. The molecule has 0 bridgehead atoms. The topological polar surface area (TPSA) is 84.6 Å². The first-order chi connectivity index (χ1) is 15.3. The highest BCUT2D eigenvalue weighted by atomic mass is 16.5. The fraction of sp³-hybridized carbons (Fsp3) is 0.154. The van der Waals surface area contributed by atoms with E-state index in [-0.39, 0.29) is 12.3 Å². The van der Waals surface area contributed by atoms with Crippen molar-refractivity contribution in [3.8, 4) is 5.75 Å². The highest BCUT2D eigenvalue weighted by molar-refractivity contribution is 6.13. The van der Waals surface area contributed by atoms with Gasteiger partial charge in [0.2, 0.25) is 17.6 Å². The number of pyridine rings is 1. The third-order valence-corrected chi connectivity index (χ3v) is 5.60. The van der Waals surface area contributed by atoms with Crippen LogP contribution in [0, 0.1) is 13.8 Å². The van der Waals surface area contributed by atoms with E-state index in [9.17, 15) is 19.5 Å². The number of aliphatic carboxylic acids is 1. The zero-order valence-electron chi connectivity index (χ0n) is 18.0. The molecule has 0 unspecified atom stereocenters. The van der Waals surface area contributed by atoms with E-state index in [2.05, 4.69) is 0 Å². The average molecular weight is 428 g/mol. The van der Waals surface area contributed by atoms with Crippen LogP contribution < -0.4 is 9.30 Å². The van der Waals surface area contributed by atoms with Crippen LogP contribution in [0.25, 0.3) is 21.8 Å². The van der Waals surface area contributed by atoms with Crippen LogP contribution in [-0.4, -0.2) is 22.8 Å². The Balaban J connectivity index is 1.96. The third kappa shape index (κ3) is 3.60. The number of fused-ring (bicyclic) bond motifs is 2. The molecule has 4 aromatic rings. The number of aryl methyl sites for hydroxylation is 1.